The molecular weight excluding hydrogens is 488 g/mol. The van der Waals surface area contributed by atoms with E-state index in [0.29, 0.717) is 5.02 Å². The third kappa shape index (κ3) is 3.79. The molecule has 0 amide bonds. The lowest BCUT2D eigenvalue weighted by Crippen LogP contribution is -2.59. The highest BCUT2D eigenvalue weighted by atomic mass is 35.5. The van der Waals surface area contributed by atoms with Crippen LogP contribution in [0.2, 0.25) is 5.02 Å². The first-order valence-corrected chi connectivity index (χ1v) is 13.4. The van der Waals surface area contributed by atoms with Crippen LogP contribution >= 0.6 is 11.6 Å². The van der Waals surface area contributed by atoms with E-state index in [1.165, 1.54) is 24.3 Å². The summed E-state index contributed by atoms with van der Waals surface area (Å²) in [6, 6.07) is 7.12. The maximum Gasteiger partial charge on any atom is 0.208 e. The van der Waals surface area contributed by atoms with Crippen molar-refractivity contribution >= 4 is 31.5 Å². The van der Waals surface area contributed by atoms with E-state index in [0.717, 1.165) is 18.4 Å². The van der Waals surface area contributed by atoms with Crippen molar-refractivity contribution < 1.29 is 35.1 Å². The number of hydrogen-bond donors (Lipinski definition) is 1. The van der Waals surface area contributed by atoms with E-state index >= 15 is 4.39 Å². The molecule has 12 heteroatoms. The molecule has 7 nitrogen and oxygen atoms in total. The van der Waals surface area contributed by atoms with Gasteiger partial charge in [0.1, 0.15) is 10.6 Å². The summed E-state index contributed by atoms with van der Waals surface area (Å²) < 4.78 is 92.7. The van der Waals surface area contributed by atoms with Crippen molar-refractivity contribution in [3.8, 4) is 5.75 Å². The molecule has 0 spiro atoms. The number of hydrogen-bond acceptors (Lipinski definition) is 6. The Labute approximate surface area is 189 Å². The summed E-state index contributed by atoms with van der Waals surface area (Å²) in [7, 11) is -7.96. The Balaban J connectivity index is 1.95. The first-order valence-electron chi connectivity index (χ1n) is 9.65. The van der Waals surface area contributed by atoms with Gasteiger partial charge in [0.2, 0.25) is 10.0 Å². The fraction of sp³-hybridized carbons (Fsp3) is 0.400. The van der Waals surface area contributed by atoms with Gasteiger partial charge in [-0.25, -0.2) is 30.3 Å². The first-order chi connectivity index (χ1) is 15.0. The molecule has 0 bridgehead atoms. The third-order valence-electron chi connectivity index (χ3n) is 5.89. The Hall–Kier alpha value is -1.79. The molecule has 2 aromatic carbocycles. The average Bonchev–Trinajstić information content (AvgIpc) is 2.73. The Morgan fingerprint density at radius 3 is 2.41 bits per heavy atom. The van der Waals surface area contributed by atoms with Gasteiger partial charge in [0, 0.05) is 24.1 Å². The fourth-order valence-corrected chi connectivity index (χ4v) is 7.42. The predicted molar refractivity (Wildman–Crippen MR) is 113 cm³/mol. The largest absolute Gasteiger partial charge is 0.490 e. The highest BCUT2D eigenvalue weighted by Crippen LogP contribution is 2.55. The van der Waals surface area contributed by atoms with Gasteiger partial charge in [-0.15, -0.1) is 0 Å². The van der Waals surface area contributed by atoms with Gasteiger partial charge in [-0.2, -0.15) is 0 Å². The lowest BCUT2D eigenvalue weighted by atomic mass is 9.76. The molecule has 0 radical (unpaired) electrons. The van der Waals surface area contributed by atoms with Crippen molar-refractivity contribution in [2.45, 2.75) is 22.2 Å². The van der Waals surface area contributed by atoms with Gasteiger partial charge in [0.05, 0.1) is 29.4 Å². The molecular formula is C20H20ClF2NO6S2. The van der Waals surface area contributed by atoms with E-state index in [-0.39, 0.29) is 31.1 Å². The minimum absolute atomic E-state index is 0.116. The van der Waals surface area contributed by atoms with Crippen LogP contribution in [-0.4, -0.2) is 49.0 Å². The number of ether oxygens (including phenoxy) is 2. The van der Waals surface area contributed by atoms with Gasteiger partial charge in [0.25, 0.3) is 0 Å². The molecule has 0 unspecified atom stereocenters. The monoisotopic (exact) mass is 507 g/mol. The van der Waals surface area contributed by atoms with Crippen LogP contribution in [0.5, 0.6) is 5.75 Å². The van der Waals surface area contributed by atoms with Gasteiger partial charge in [-0.3, -0.25) is 0 Å². The van der Waals surface area contributed by atoms with Gasteiger partial charge < -0.3 is 9.47 Å². The summed E-state index contributed by atoms with van der Waals surface area (Å²) in [5.41, 5.74) is -0.406. The molecule has 2 aromatic rings. The van der Waals surface area contributed by atoms with E-state index < -0.39 is 59.6 Å². The Kier molecular flexibility index (Phi) is 6.00. The second-order valence-corrected chi connectivity index (χ2v) is 12.3. The summed E-state index contributed by atoms with van der Waals surface area (Å²) in [6.07, 6.45) is -0.180. The molecule has 1 saturated heterocycles. The minimum atomic E-state index is -4.34. The van der Waals surface area contributed by atoms with Crippen LogP contribution in [0.15, 0.2) is 41.3 Å². The van der Waals surface area contributed by atoms with Crippen molar-refractivity contribution in [1.29, 1.82) is 0 Å². The van der Waals surface area contributed by atoms with Gasteiger partial charge in [-0.05, 0) is 42.8 Å². The molecule has 2 aliphatic heterocycles. The van der Waals surface area contributed by atoms with E-state index in [2.05, 4.69) is 4.72 Å². The molecule has 4 rings (SSSR count). The van der Waals surface area contributed by atoms with Crippen LogP contribution in [0.25, 0.3) is 0 Å². The molecule has 3 atom stereocenters. The van der Waals surface area contributed by atoms with E-state index in [4.69, 9.17) is 21.1 Å². The Morgan fingerprint density at radius 1 is 1.09 bits per heavy atom. The molecule has 0 aromatic heterocycles. The molecule has 0 aliphatic carbocycles. The number of benzene rings is 2. The van der Waals surface area contributed by atoms with Crippen LogP contribution in [0.4, 0.5) is 8.78 Å². The van der Waals surface area contributed by atoms with E-state index in [1.807, 2.05) is 0 Å². The highest BCUT2D eigenvalue weighted by molar-refractivity contribution is 7.92. The van der Waals surface area contributed by atoms with Crippen LogP contribution < -0.4 is 9.46 Å². The summed E-state index contributed by atoms with van der Waals surface area (Å²) in [5.74, 6) is -3.30. The second kappa shape index (κ2) is 8.21. The number of sulfone groups is 1. The van der Waals surface area contributed by atoms with E-state index in [1.54, 1.807) is 0 Å². The maximum absolute atomic E-state index is 15.2. The third-order valence-corrected chi connectivity index (χ3v) is 9.40. The van der Waals surface area contributed by atoms with Crippen LogP contribution in [0.3, 0.4) is 0 Å². The highest BCUT2D eigenvalue weighted by Gasteiger charge is 2.61. The van der Waals surface area contributed by atoms with Crippen LogP contribution in [0.1, 0.15) is 12.0 Å². The topological polar surface area (TPSA) is 98.8 Å². The van der Waals surface area contributed by atoms with Crippen molar-refractivity contribution in [1.82, 2.24) is 4.72 Å². The van der Waals surface area contributed by atoms with Crippen LogP contribution in [-0.2, 0) is 29.3 Å². The predicted octanol–water partition coefficient (Wildman–Crippen LogP) is 2.63. The smallest absolute Gasteiger partial charge is 0.208 e. The number of nitrogens with one attached hydrogen (secondary N) is 1. The summed E-state index contributed by atoms with van der Waals surface area (Å²) in [6.45, 7) is -0.678. The normalized spacial score (nSPS) is 25.5. The van der Waals surface area contributed by atoms with E-state index in [9.17, 15) is 21.2 Å². The van der Waals surface area contributed by atoms with Gasteiger partial charge in [-0.1, -0.05) is 11.6 Å². The number of rotatable bonds is 5. The second-order valence-electron chi connectivity index (χ2n) is 7.78. The first kappa shape index (κ1) is 23.4. The summed E-state index contributed by atoms with van der Waals surface area (Å²) >= 11 is 5.91. The Bertz CT molecular complexity index is 1250. The Morgan fingerprint density at radius 2 is 1.75 bits per heavy atom. The maximum atomic E-state index is 15.2. The fourth-order valence-electron chi connectivity index (χ4n) is 4.48. The molecule has 2 heterocycles. The SMILES string of the molecule is CS(=O)(=O)NC[C@@H]1OCC[C@@]2(S(=O)(=O)c3ccc(Cl)cc3)c3c(F)ccc(F)c3OC[C@@H]12. The van der Waals surface area contributed by atoms with Crippen molar-refractivity contribution in [3.05, 3.63) is 58.6 Å². The van der Waals surface area contributed by atoms with Crippen molar-refractivity contribution in [2.24, 2.45) is 5.92 Å². The molecule has 1 fully saturated rings. The van der Waals surface area contributed by atoms with Crippen molar-refractivity contribution in [2.75, 3.05) is 26.0 Å². The molecule has 1 N–H and O–H groups in total. The molecule has 174 valence electrons. The summed E-state index contributed by atoms with van der Waals surface area (Å²) in [4.78, 5) is -0.125. The minimum Gasteiger partial charge on any atom is -0.490 e. The molecule has 2 aliphatic rings. The zero-order chi connectivity index (χ0) is 23.3. The number of fused-ring (bicyclic) bond motifs is 3. The lowest BCUT2D eigenvalue weighted by molar-refractivity contribution is -0.0687. The lowest BCUT2D eigenvalue weighted by Gasteiger charge is -2.50. The van der Waals surface area contributed by atoms with Gasteiger partial charge in [0.15, 0.2) is 21.4 Å². The molecule has 0 saturated carbocycles. The molecule has 32 heavy (non-hydrogen) atoms. The van der Waals surface area contributed by atoms with Gasteiger partial charge >= 0.3 is 0 Å². The zero-order valence-corrected chi connectivity index (χ0v) is 19.2. The standard InChI is InChI=1S/C20H20ClF2NO6S2/c1-31(25,26)24-10-17-14-11-30-19-16(23)7-6-15(22)18(19)20(14,8-9-29-17)32(27,28)13-4-2-12(21)3-5-13/h2-7,14,17,24H,8-11H2,1H3/t14-,17-,20-/m0/s1. The quantitative estimate of drug-likeness (QED) is 0.668. The number of sulfonamides is 1. The summed E-state index contributed by atoms with van der Waals surface area (Å²) in [5, 5.41) is 0.310. The number of halogens is 3. The average molecular weight is 508 g/mol. The van der Waals surface area contributed by atoms with Crippen molar-refractivity contribution in [3.63, 3.8) is 0 Å². The zero-order valence-electron chi connectivity index (χ0n) is 16.8. The van der Waals surface area contributed by atoms with Crippen LogP contribution in [0, 0.1) is 17.6 Å².